The van der Waals surface area contributed by atoms with Gasteiger partial charge in [0.1, 0.15) is 0 Å². The Balaban J connectivity index is 1.74. The van der Waals surface area contributed by atoms with E-state index in [1.807, 2.05) is 6.07 Å². The number of nitrogens with one attached hydrogen (secondary N) is 1. The van der Waals surface area contributed by atoms with E-state index in [0.717, 1.165) is 16.7 Å². The summed E-state index contributed by atoms with van der Waals surface area (Å²) in [6, 6.07) is 13.1. The van der Waals surface area contributed by atoms with E-state index >= 15 is 0 Å². The van der Waals surface area contributed by atoms with Gasteiger partial charge in [0.05, 0.1) is 6.61 Å². The molecule has 0 bridgehead atoms. The normalized spacial score (nSPS) is 13.2. The molecule has 3 rings (SSSR count). The number of anilines is 1. The molecule has 1 aliphatic carbocycles. The van der Waals surface area contributed by atoms with Crippen LogP contribution in [0, 0.1) is 0 Å². The number of hydrogen-bond acceptors (Lipinski definition) is 2. The molecule has 0 fully saturated rings. The number of aryl methyl sites for hydroxylation is 2. The minimum atomic E-state index is 0.605. The third kappa shape index (κ3) is 3.30. The Hall–Kier alpha value is -1.32. The van der Waals surface area contributed by atoms with Crippen LogP contribution in [0.4, 0.5) is 5.69 Å². The number of ether oxygens (including phenoxy) is 1. The van der Waals surface area contributed by atoms with Crippen molar-refractivity contribution < 1.29 is 4.74 Å². The lowest BCUT2D eigenvalue weighted by Crippen LogP contribution is -2.04. The number of halogens is 1. The summed E-state index contributed by atoms with van der Waals surface area (Å²) in [7, 11) is 1.73. The van der Waals surface area contributed by atoms with Crippen molar-refractivity contribution in [1.82, 2.24) is 0 Å². The highest BCUT2D eigenvalue weighted by Gasteiger charge is 2.11. The van der Waals surface area contributed by atoms with Crippen LogP contribution in [0.3, 0.4) is 0 Å². The van der Waals surface area contributed by atoms with Crippen molar-refractivity contribution in [3.63, 3.8) is 0 Å². The lowest BCUT2D eigenvalue weighted by molar-refractivity contribution is 0.185. The highest BCUT2D eigenvalue weighted by Crippen LogP contribution is 2.27. The van der Waals surface area contributed by atoms with Crippen LogP contribution in [0.1, 0.15) is 28.7 Å². The fraction of sp³-hybridized carbons (Fsp3) is 0.333. The average Bonchev–Trinajstić information content (AvgIpc) is 2.95. The molecule has 2 nitrogen and oxygen atoms in total. The molecule has 0 aliphatic heterocycles. The first-order valence-electron chi connectivity index (χ1n) is 7.39. The third-order valence-corrected chi connectivity index (χ3v) is 4.80. The van der Waals surface area contributed by atoms with Gasteiger partial charge in [-0.25, -0.2) is 0 Å². The Labute approximate surface area is 134 Å². The molecule has 21 heavy (non-hydrogen) atoms. The average molecular weight is 346 g/mol. The lowest BCUT2D eigenvalue weighted by Gasteiger charge is -2.14. The minimum absolute atomic E-state index is 0.605. The Morgan fingerprint density at radius 1 is 1.14 bits per heavy atom. The standard InChI is InChI=1S/C18H20BrNO/c1-21-12-16-17(19)6-3-7-18(16)20-11-13-8-9-14-4-2-5-15(14)10-13/h3,6-10,20H,2,4-5,11-12H2,1H3. The molecule has 110 valence electrons. The molecule has 2 aromatic rings. The fourth-order valence-corrected chi connectivity index (χ4v) is 3.43. The summed E-state index contributed by atoms with van der Waals surface area (Å²) in [5.74, 6) is 0. The second kappa shape index (κ2) is 6.63. The van der Waals surface area contributed by atoms with Gasteiger partial charge in [-0.05, 0) is 48.1 Å². The first kappa shape index (κ1) is 14.6. The topological polar surface area (TPSA) is 21.3 Å². The first-order chi connectivity index (χ1) is 10.3. The van der Waals surface area contributed by atoms with Gasteiger partial charge in [0.25, 0.3) is 0 Å². The monoisotopic (exact) mass is 345 g/mol. The molecule has 0 aromatic heterocycles. The molecular formula is C18H20BrNO. The zero-order chi connectivity index (χ0) is 14.7. The first-order valence-corrected chi connectivity index (χ1v) is 8.18. The molecular weight excluding hydrogens is 326 g/mol. The quantitative estimate of drug-likeness (QED) is 0.848. The molecule has 0 amide bonds. The van der Waals surface area contributed by atoms with Crippen LogP contribution in [0.5, 0.6) is 0 Å². The van der Waals surface area contributed by atoms with Crippen molar-refractivity contribution in [2.45, 2.75) is 32.4 Å². The van der Waals surface area contributed by atoms with Crippen LogP contribution >= 0.6 is 15.9 Å². The van der Waals surface area contributed by atoms with Crippen molar-refractivity contribution in [2.75, 3.05) is 12.4 Å². The third-order valence-electron chi connectivity index (χ3n) is 4.05. The molecule has 0 unspecified atom stereocenters. The van der Waals surface area contributed by atoms with Crippen LogP contribution in [0.2, 0.25) is 0 Å². The Kier molecular flexibility index (Phi) is 4.61. The summed E-state index contributed by atoms with van der Waals surface area (Å²) in [5, 5.41) is 3.54. The van der Waals surface area contributed by atoms with Gasteiger partial charge in [0.15, 0.2) is 0 Å². The van der Waals surface area contributed by atoms with Gasteiger partial charge in [-0.3, -0.25) is 0 Å². The number of rotatable bonds is 5. The van der Waals surface area contributed by atoms with Crippen LogP contribution in [-0.2, 0) is 30.7 Å². The number of methoxy groups -OCH3 is 1. The number of benzene rings is 2. The van der Waals surface area contributed by atoms with E-state index in [0.29, 0.717) is 6.61 Å². The molecule has 3 heteroatoms. The van der Waals surface area contributed by atoms with E-state index in [1.54, 1.807) is 7.11 Å². The van der Waals surface area contributed by atoms with E-state index in [-0.39, 0.29) is 0 Å². The van der Waals surface area contributed by atoms with Crippen LogP contribution < -0.4 is 5.32 Å². The highest BCUT2D eigenvalue weighted by molar-refractivity contribution is 9.10. The van der Waals surface area contributed by atoms with Gasteiger partial charge in [0, 0.05) is 29.4 Å². The van der Waals surface area contributed by atoms with Crippen molar-refractivity contribution in [3.8, 4) is 0 Å². The zero-order valence-corrected chi connectivity index (χ0v) is 13.9. The zero-order valence-electron chi connectivity index (χ0n) is 12.3. The molecule has 0 spiro atoms. The largest absolute Gasteiger partial charge is 0.381 e. The van der Waals surface area contributed by atoms with E-state index in [1.165, 1.54) is 41.5 Å². The maximum Gasteiger partial charge on any atom is 0.0744 e. The summed E-state index contributed by atoms with van der Waals surface area (Å²) in [6.45, 7) is 1.45. The van der Waals surface area contributed by atoms with Crippen molar-refractivity contribution in [3.05, 3.63) is 63.1 Å². The Morgan fingerprint density at radius 2 is 2.00 bits per heavy atom. The van der Waals surface area contributed by atoms with Gasteiger partial charge in [-0.2, -0.15) is 0 Å². The van der Waals surface area contributed by atoms with Crippen LogP contribution in [-0.4, -0.2) is 7.11 Å². The summed E-state index contributed by atoms with van der Waals surface area (Å²) in [6.07, 6.45) is 3.78. The molecule has 1 aliphatic rings. The Morgan fingerprint density at radius 3 is 2.86 bits per heavy atom. The summed E-state index contributed by atoms with van der Waals surface area (Å²) < 4.78 is 6.38. The van der Waals surface area contributed by atoms with Gasteiger partial charge in [0.2, 0.25) is 0 Å². The van der Waals surface area contributed by atoms with Gasteiger partial charge >= 0.3 is 0 Å². The smallest absolute Gasteiger partial charge is 0.0744 e. The molecule has 0 saturated heterocycles. The Bertz CT molecular complexity index is 639. The molecule has 0 saturated carbocycles. The molecule has 2 aromatic carbocycles. The van der Waals surface area contributed by atoms with Crippen molar-refractivity contribution in [1.29, 1.82) is 0 Å². The predicted octanol–water partition coefficient (Wildman–Crippen LogP) is 4.70. The van der Waals surface area contributed by atoms with E-state index in [2.05, 4.69) is 51.6 Å². The fourth-order valence-electron chi connectivity index (χ4n) is 2.95. The van der Waals surface area contributed by atoms with E-state index < -0.39 is 0 Å². The maximum absolute atomic E-state index is 5.29. The second-order valence-electron chi connectivity index (χ2n) is 5.51. The number of fused-ring (bicyclic) bond motifs is 1. The lowest BCUT2D eigenvalue weighted by atomic mass is 10.1. The molecule has 1 N–H and O–H groups in total. The molecule has 0 atom stereocenters. The van der Waals surface area contributed by atoms with Crippen molar-refractivity contribution >= 4 is 21.6 Å². The minimum Gasteiger partial charge on any atom is -0.381 e. The SMILES string of the molecule is COCc1c(Br)cccc1NCc1ccc2c(c1)CCC2. The van der Waals surface area contributed by atoms with Crippen molar-refractivity contribution in [2.24, 2.45) is 0 Å². The number of hydrogen-bond donors (Lipinski definition) is 1. The summed E-state index contributed by atoms with van der Waals surface area (Å²) >= 11 is 3.59. The second-order valence-corrected chi connectivity index (χ2v) is 6.36. The van der Waals surface area contributed by atoms with E-state index in [9.17, 15) is 0 Å². The van der Waals surface area contributed by atoms with Crippen LogP contribution in [0.15, 0.2) is 40.9 Å². The highest BCUT2D eigenvalue weighted by atomic mass is 79.9. The summed E-state index contributed by atoms with van der Waals surface area (Å²) in [4.78, 5) is 0. The van der Waals surface area contributed by atoms with E-state index in [4.69, 9.17) is 4.74 Å². The molecule has 0 heterocycles. The van der Waals surface area contributed by atoms with Gasteiger partial charge in [-0.15, -0.1) is 0 Å². The van der Waals surface area contributed by atoms with Gasteiger partial charge in [-0.1, -0.05) is 40.2 Å². The van der Waals surface area contributed by atoms with Gasteiger partial charge < -0.3 is 10.1 Å². The maximum atomic E-state index is 5.29. The predicted molar refractivity (Wildman–Crippen MR) is 90.6 cm³/mol. The summed E-state index contributed by atoms with van der Waals surface area (Å²) in [5.41, 5.74) is 6.70. The molecule has 0 radical (unpaired) electrons. The van der Waals surface area contributed by atoms with Crippen LogP contribution in [0.25, 0.3) is 0 Å².